The van der Waals surface area contributed by atoms with Crippen molar-refractivity contribution < 1.29 is 18.5 Å². The van der Waals surface area contributed by atoms with E-state index in [1.807, 2.05) is 12.1 Å². The van der Waals surface area contributed by atoms with Gasteiger partial charge >= 0.3 is 5.97 Å². The van der Waals surface area contributed by atoms with Crippen molar-refractivity contribution in [2.45, 2.75) is 5.75 Å². The first-order chi connectivity index (χ1) is 11.6. The van der Waals surface area contributed by atoms with E-state index in [-0.39, 0.29) is 13.2 Å². The van der Waals surface area contributed by atoms with Crippen molar-refractivity contribution in [1.82, 2.24) is 0 Å². The Kier molecular flexibility index (Phi) is 6.52. The van der Waals surface area contributed by atoms with E-state index in [9.17, 15) is 9.00 Å². The summed E-state index contributed by atoms with van der Waals surface area (Å²) in [5, 5.41) is 8.71. The van der Waals surface area contributed by atoms with E-state index in [0.29, 0.717) is 22.6 Å². The van der Waals surface area contributed by atoms with Gasteiger partial charge in [0.05, 0.1) is 17.2 Å². The van der Waals surface area contributed by atoms with Crippen LogP contribution in [0.4, 0.5) is 0 Å². The van der Waals surface area contributed by atoms with E-state index in [0.717, 1.165) is 5.56 Å². The molecule has 2 rings (SSSR count). The molecule has 0 fully saturated rings. The molecular formula is C18H17NO4S. The minimum Gasteiger partial charge on any atom is -0.490 e. The lowest BCUT2D eigenvalue weighted by Crippen LogP contribution is -2.12. The van der Waals surface area contributed by atoms with Crippen LogP contribution in [0.1, 0.15) is 21.5 Å². The van der Waals surface area contributed by atoms with Gasteiger partial charge in [-0.25, -0.2) is 4.79 Å². The van der Waals surface area contributed by atoms with E-state index in [2.05, 4.69) is 0 Å². The van der Waals surface area contributed by atoms with Crippen molar-refractivity contribution in [2.24, 2.45) is 0 Å². The van der Waals surface area contributed by atoms with Gasteiger partial charge in [-0.3, -0.25) is 4.21 Å². The maximum atomic E-state index is 12.0. The van der Waals surface area contributed by atoms with Crippen LogP contribution >= 0.6 is 0 Å². The third-order valence-electron chi connectivity index (χ3n) is 3.10. The Morgan fingerprint density at radius 1 is 1.17 bits per heavy atom. The Labute approximate surface area is 143 Å². The molecule has 0 saturated heterocycles. The fraction of sp³-hybridized carbons (Fsp3) is 0.222. The van der Waals surface area contributed by atoms with Gasteiger partial charge in [-0.2, -0.15) is 5.26 Å². The van der Waals surface area contributed by atoms with E-state index in [1.54, 1.807) is 48.7 Å². The summed E-state index contributed by atoms with van der Waals surface area (Å²) in [5.74, 6) is 0.572. The molecule has 0 unspecified atom stereocenters. The van der Waals surface area contributed by atoms with Gasteiger partial charge in [0.15, 0.2) is 0 Å². The van der Waals surface area contributed by atoms with Crippen LogP contribution in [0.25, 0.3) is 0 Å². The molecule has 0 radical (unpaired) electrons. The van der Waals surface area contributed by atoms with Gasteiger partial charge in [0.25, 0.3) is 0 Å². The van der Waals surface area contributed by atoms with Gasteiger partial charge in [0.2, 0.25) is 0 Å². The summed E-state index contributed by atoms with van der Waals surface area (Å²) in [5.41, 5.74) is 1.82. The van der Waals surface area contributed by atoms with Crippen LogP contribution in [0.3, 0.4) is 0 Å². The van der Waals surface area contributed by atoms with Crippen molar-refractivity contribution in [2.75, 3.05) is 19.5 Å². The van der Waals surface area contributed by atoms with Gasteiger partial charge < -0.3 is 9.47 Å². The zero-order valence-corrected chi connectivity index (χ0v) is 14.0. The second-order valence-electron chi connectivity index (χ2n) is 5.04. The molecule has 0 N–H and O–H groups in total. The number of rotatable bonds is 7. The lowest BCUT2D eigenvalue weighted by molar-refractivity contribution is 0.0450. The monoisotopic (exact) mass is 343 g/mol. The summed E-state index contributed by atoms with van der Waals surface area (Å²) >= 11 is 0. The molecule has 0 aliphatic carbocycles. The van der Waals surface area contributed by atoms with Crippen LogP contribution in [0.5, 0.6) is 5.75 Å². The highest BCUT2D eigenvalue weighted by Gasteiger charge is 2.08. The Morgan fingerprint density at radius 3 is 2.58 bits per heavy atom. The molecule has 0 amide bonds. The summed E-state index contributed by atoms with van der Waals surface area (Å²) in [7, 11) is -0.961. The molecule has 0 spiro atoms. The molecule has 0 bridgehead atoms. The highest BCUT2D eigenvalue weighted by atomic mass is 32.2. The molecule has 5 nitrogen and oxygen atoms in total. The van der Waals surface area contributed by atoms with Gasteiger partial charge in [0, 0.05) is 22.8 Å². The topological polar surface area (TPSA) is 76.4 Å². The van der Waals surface area contributed by atoms with Crippen LogP contribution in [0.2, 0.25) is 0 Å². The molecule has 0 aromatic heterocycles. The summed E-state index contributed by atoms with van der Waals surface area (Å²) in [6.45, 7) is 0.332. The predicted octanol–water partition coefficient (Wildman–Crippen LogP) is 2.67. The number of benzene rings is 2. The van der Waals surface area contributed by atoms with Gasteiger partial charge in [-0.1, -0.05) is 12.1 Å². The number of nitriles is 1. The Balaban J connectivity index is 1.80. The molecule has 0 saturated carbocycles. The summed E-state index contributed by atoms with van der Waals surface area (Å²) in [6, 6.07) is 15.6. The minimum absolute atomic E-state index is 0.114. The number of hydrogen-bond acceptors (Lipinski definition) is 5. The van der Waals surface area contributed by atoms with E-state index in [4.69, 9.17) is 14.7 Å². The molecule has 0 aliphatic heterocycles. The molecule has 2 aromatic rings. The fourth-order valence-electron chi connectivity index (χ4n) is 2.03. The molecule has 6 heteroatoms. The fourth-order valence-corrected chi connectivity index (χ4v) is 2.67. The Bertz CT molecular complexity index is 765. The summed E-state index contributed by atoms with van der Waals surface area (Å²) in [6.07, 6.45) is 1.62. The van der Waals surface area contributed by atoms with Crippen molar-refractivity contribution in [1.29, 1.82) is 5.26 Å². The summed E-state index contributed by atoms with van der Waals surface area (Å²) < 4.78 is 21.8. The predicted molar refractivity (Wildman–Crippen MR) is 91.1 cm³/mol. The minimum atomic E-state index is -0.961. The summed E-state index contributed by atoms with van der Waals surface area (Å²) in [4.78, 5) is 12.0. The van der Waals surface area contributed by atoms with Gasteiger partial charge in [-0.05, 0) is 42.0 Å². The molecule has 0 aliphatic rings. The van der Waals surface area contributed by atoms with Crippen LogP contribution in [0, 0.1) is 11.3 Å². The molecule has 24 heavy (non-hydrogen) atoms. The van der Waals surface area contributed by atoms with Crippen LogP contribution in [0.15, 0.2) is 48.5 Å². The normalized spacial score (nSPS) is 11.3. The Morgan fingerprint density at radius 2 is 1.92 bits per heavy atom. The first-order valence-corrected chi connectivity index (χ1v) is 9.00. The molecule has 2 aromatic carbocycles. The standard InChI is InChI=1S/C18H17NO4S/c1-24(21)13-15-3-2-4-16(11-15)18(20)23-10-9-22-17-7-5-14(12-19)6-8-17/h2-8,11H,9-10,13H2,1H3/t24-/m1/s1. The average Bonchev–Trinajstić information content (AvgIpc) is 2.58. The Hall–Kier alpha value is -2.65. The largest absolute Gasteiger partial charge is 0.490 e. The van der Waals surface area contributed by atoms with Gasteiger partial charge in [0.1, 0.15) is 19.0 Å². The number of esters is 1. The zero-order chi connectivity index (χ0) is 17.4. The second-order valence-corrected chi connectivity index (χ2v) is 6.47. The number of carbonyl (C=O) groups is 1. The van der Waals surface area contributed by atoms with Crippen LogP contribution in [-0.4, -0.2) is 29.6 Å². The van der Waals surface area contributed by atoms with E-state index in [1.165, 1.54) is 0 Å². The smallest absolute Gasteiger partial charge is 0.338 e. The first-order valence-electron chi connectivity index (χ1n) is 7.27. The number of ether oxygens (including phenoxy) is 2. The second kappa shape index (κ2) is 8.85. The number of hydrogen-bond donors (Lipinski definition) is 0. The van der Waals surface area contributed by atoms with Crippen LogP contribution < -0.4 is 4.74 Å². The number of carbonyl (C=O) groups excluding carboxylic acids is 1. The van der Waals surface area contributed by atoms with E-state index >= 15 is 0 Å². The van der Waals surface area contributed by atoms with Gasteiger partial charge in [-0.15, -0.1) is 0 Å². The van der Waals surface area contributed by atoms with Crippen LogP contribution in [-0.2, 0) is 21.3 Å². The average molecular weight is 343 g/mol. The lowest BCUT2D eigenvalue weighted by Gasteiger charge is -2.08. The third-order valence-corrected chi connectivity index (χ3v) is 3.84. The number of nitrogens with zero attached hydrogens (tertiary/aromatic N) is 1. The maximum Gasteiger partial charge on any atom is 0.338 e. The molecular weight excluding hydrogens is 326 g/mol. The lowest BCUT2D eigenvalue weighted by atomic mass is 10.1. The first kappa shape index (κ1) is 17.7. The van der Waals surface area contributed by atoms with Crippen molar-refractivity contribution >= 4 is 16.8 Å². The van der Waals surface area contributed by atoms with E-state index < -0.39 is 16.8 Å². The molecule has 124 valence electrons. The highest BCUT2D eigenvalue weighted by molar-refractivity contribution is 7.83. The van der Waals surface area contributed by atoms with Crippen molar-refractivity contribution in [3.63, 3.8) is 0 Å². The molecule has 1 atom stereocenters. The van der Waals surface area contributed by atoms with Crippen molar-refractivity contribution in [3.05, 3.63) is 65.2 Å². The highest BCUT2D eigenvalue weighted by Crippen LogP contribution is 2.12. The quantitative estimate of drug-likeness (QED) is 0.571. The molecule has 0 heterocycles. The maximum absolute atomic E-state index is 12.0. The third kappa shape index (κ3) is 5.52. The zero-order valence-electron chi connectivity index (χ0n) is 13.2. The SMILES string of the molecule is C[S@@](=O)Cc1cccc(C(=O)OCCOc2ccc(C#N)cc2)c1. The van der Waals surface area contributed by atoms with Crippen molar-refractivity contribution in [3.8, 4) is 11.8 Å².